The van der Waals surface area contributed by atoms with Crippen LogP contribution in [0, 0.1) is 6.92 Å². The maximum atomic E-state index is 12.7. The molecule has 0 aliphatic rings. The molecule has 2 heterocycles. The van der Waals surface area contributed by atoms with E-state index < -0.39 is 29.9 Å². The van der Waals surface area contributed by atoms with Crippen molar-refractivity contribution in [2.45, 2.75) is 26.2 Å². The Hall–Kier alpha value is -4.41. The predicted molar refractivity (Wildman–Crippen MR) is 122 cm³/mol. The third kappa shape index (κ3) is 5.57. The highest BCUT2D eigenvalue weighted by molar-refractivity contribution is 5.94. The average Bonchev–Trinajstić information content (AvgIpc) is 3.12. The van der Waals surface area contributed by atoms with Crippen LogP contribution in [0.2, 0.25) is 0 Å². The number of nitrogens with zero attached hydrogens (tertiary/aromatic N) is 3. The van der Waals surface area contributed by atoms with E-state index in [1.165, 1.54) is 18.3 Å². The molecule has 4 aromatic rings. The zero-order chi connectivity index (χ0) is 25.2. The molecule has 2 aromatic heterocycles. The molecule has 0 saturated heterocycles. The van der Waals surface area contributed by atoms with Gasteiger partial charge >= 0.3 is 11.9 Å². The van der Waals surface area contributed by atoms with Gasteiger partial charge in [0.25, 0.3) is 5.91 Å². The van der Waals surface area contributed by atoms with Gasteiger partial charge in [0.2, 0.25) is 5.91 Å². The van der Waals surface area contributed by atoms with E-state index in [1.807, 2.05) is 31.2 Å². The Morgan fingerprint density at radius 2 is 1.66 bits per heavy atom. The minimum atomic E-state index is -4.48. The Morgan fingerprint density at radius 1 is 0.971 bits per heavy atom. The number of rotatable bonds is 6. The first kappa shape index (κ1) is 23.7. The number of benzene rings is 2. The summed E-state index contributed by atoms with van der Waals surface area (Å²) in [6.07, 6.45) is -3.15. The molecular formula is C24H20F3N5O3. The van der Waals surface area contributed by atoms with Gasteiger partial charge in [0, 0.05) is 18.4 Å². The summed E-state index contributed by atoms with van der Waals surface area (Å²) in [7, 11) is 0. The first-order valence-corrected chi connectivity index (χ1v) is 10.5. The largest absolute Gasteiger partial charge is 0.416 e. The zero-order valence-corrected chi connectivity index (χ0v) is 18.5. The van der Waals surface area contributed by atoms with E-state index >= 15 is 0 Å². The highest BCUT2D eigenvalue weighted by Crippen LogP contribution is 2.29. The van der Waals surface area contributed by atoms with Crippen LogP contribution in [0.15, 0.2) is 71.7 Å². The lowest BCUT2D eigenvalue weighted by atomic mass is 10.1. The van der Waals surface area contributed by atoms with Gasteiger partial charge in [0.15, 0.2) is 5.65 Å². The lowest BCUT2D eigenvalue weighted by molar-refractivity contribution is -0.137. The molecule has 2 N–H and O–H groups in total. The van der Waals surface area contributed by atoms with Crippen molar-refractivity contribution in [1.29, 1.82) is 0 Å². The first-order chi connectivity index (χ1) is 16.6. The summed E-state index contributed by atoms with van der Waals surface area (Å²) in [6, 6.07) is 14.6. The number of hydrogen-bond donors (Lipinski definition) is 2. The number of fused-ring (bicyclic) bond motifs is 1. The molecule has 0 bridgehead atoms. The summed E-state index contributed by atoms with van der Waals surface area (Å²) in [5.74, 6) is -1.03. The van der Waals surface area contributed by atoms with E-state index in [4.69, 9.17) is 0 Å². The lowest BCUT2D eigenvalue weighted by Crippen LogP contribution is -2.28. The lowest BCUT2D eigenvalue weighted by Gasteiger charge is -2.08. The molecule has 0 fully saturated rings. The number of amides is 2. The van der Waals surface area contributed by atoms with E-state index in [9.17, 15) is 27.6 Å². The van der Waals surface area contributed by atoms with Crippen LogP contribution >= 0.6 is 0 Å². The first-order valence-electron chi connectivity index (χ1n) is 10.5. The maximum absolute atomic E-state index is 12.7. The van der Waals surface area contributed by atoms with Crippen molar-refractivity contribution >= 4 is 23.1 Å². The zero-order valence-electron chi connectivity index (χ0n) is 18.5. The van der Waals surface area contributed by atoms with Crippen molar-refractivity contribution in [3.05, 3.63) is 99.6 Å². The fourth-order valence-electron chi connectivity index (χ4n) is 3.33. The molecule has 35 heavy (non-hydrogen) atoms. The number of anilines is 1. The molecule has 180 valence electrons. The van der Waals surface area contributed by atoms with Crippen LogP contribution in [-0.2, 0) is 24.1 Å². The molecular weight excluding hydrogens is 463 g/mol. The standard InChI is InChI=1S/C24H20F3N5O3/c1-15-2-4-16(5-3-15)12-28-22(34)17-6-11-20-30-32(23(35)31(20)13-17)14-21(33)29-19-9-7-18(8-10-19)24(25,26)27/h2-11,13H,12,14H2,1H3,(H,28,34)(H,29,33). The Morgan fingerprint density at radius 3 is 2.31 bits per heavy atom. The minimum absolute atomic E-state index is 0.146. The van der Waals surface area contributed by atoms with E-state index in [0.29, 0.717) is 6.54 Å². The van der Waals surface area contributed by atoms with Gasteiger partial charge in [-0.15, -0.1) is 5.10 Å². The Bertz CT molecular complexity index is 1440. The van der Waals surface area contributed by atoms with Crippen LogP contribution in [0.5, 0.6) is 0 Å². The van der Waals surface area contributed by atoms with E-state index in [1.54, 1.807) is 0 Å². The molecule has 0 aliphatic heterocycles. The topological polar surface area (TPSA) is 97.5 Å². The second-order valence-electron chi connectivity index (χ2n) is 7.88. The average molecular weight is 483 g/mol. The van der Waals surface area contributed by atoms with Gasteiger partial charge in [-0.1, -0.05) is 29.8 Å². The Balaban J connectivity index is 1.43. The molecule has 0 atom stereocenters. The van der Waals surface area contributed by atoms with E-state index in [-0.39, 0.29) is 22.8 Å². The Kier molecular flexibility index (Phi) is 6.41. The van der Waals surface area contributed by atoms with E-state index in [2.05, 4.69) is 15.7 Å². The summed E-state index contributed by atoms with van der Waals surface area (Å²) in [6.45, 7) is 1.82. The van der Waals surface area contributed by atoms with Crippen molar-refractivity contribution in [2.75, 3.05) is 5.32 Å². The molecule has 0 unspecified atom stereocenters. The summed E-state index contributed by atoms with van der Waals surface area (Å²) >= 11 is 0. The predicted octanol–water partition coefficient (Wildman–Crippen LogP) is 3.39. The summed E-state index contributed by atoms with van der Waals surface area (Å²) in [5, 5.41) is 9.28. The van der Waals surface area contributed by atoms with Crippen LogP contribution in [0.3, 0.4) is 0 Å². The number of carbonyl (C=O) groups excluding carboxylic acids is 2. The van der Waals surface area contributed by atoms with Crippen molar-refractivity contribution in [1.82, 2.24) is 19.5 Å². The fraction of sp³-hybridized carbons (Fsp3) is 0.167. The number of hydrogen-bond acceptors (Lipinski definition) is 4. The number of alkyl halides is 3. The molecule has 8 nitrogen and oxygen atoms in total. The molecule has 0 spiro atoms. The monoisotopic (exact) mass is 483 g/mol. The van der Waals surface area contributed by atoms with Gasteiger partial charge in [0.05, 0.1) is 11.1 Å². The van der Waals surface area contributed by atoms with Crippen molar-refractivity contribution in [3.8, 4) is 0 Å². The van der Waals surface area contributed by atoms with Crippen LogP contribution in [0.4, 0.5) is 18.9 Å². The second-order valence-corrected chi connectivity index (χ2v) is 7.88. The highest BCUT2D eigenvalue weighted by Gasteiger charge is 2.30. The summed E-state index contributed by atoms with van der Waals surface area (Å²) < 4.78 is 40.1. The normalized spacial score (nSPS) is 11.4. The maximum Gasteiger partial charge on any atom is 0.416 e. The molecule has 2 amide bonds. The van der Waals surface area contributed by atoms with Gasteiger partial charge in [0.1, 0.15) is 6.54 Å². The van der Waals surface area contributed by atoms with Crippen LogP contribution in [0.25, 0.3) is 5.65 Å². The van der Waals surface area contributed by atoms with Crippen LogP contribution < -0.4 is 16.3 Å². The van der Waals surface area contributed by atoms with Crippen LogP contribution in [0.1, 0.15) is 27.0 Å². The molecule has 4 rings (SSSR count). The fourth-order valence-corrected chi connectivity index (χ4v) is 3.33. The molecule has 11 heteroatoms. The van der Waals surface area contributed by atoms with Gasteiger partial charge in [-0.3, -0.25) is 9.59 Å². The second kappa shape index (κ2) is 9.45. The molecule has 0 saturated carbocycles. The highest BCUT2D eigenvalue weighted by atomic mass is 19.4. The smallest absolute Gasteiger partial charge is 0.348 e. The molecule has 2 aromatic carbocycles. The van der Waals surface area contributed by atoms with Gasteiger partial charge in [-0.2, -0.15) is 13.2 Å². The third-order valence-corrected chi connectivity index (χ3v) is 5.20. The van der Waals surface area contributed by atoms with Crippen molar-refractivity contribution < 1.29 is 22.8 Å². The SMILES string of the molecule is Cc1ccc(CNC(=O)c2ccc3nn(CC(=O)Nc4ccc(C(F)(F)F)cc4)c(=O)n3c2)cc1. The van der Waals surface area contributed by atoms with Gasteiger partial charge in [-0.05, 0) is 48.9 Å². The number of pyridine rings is 1. The minimum Gasteiger partial charge on any atom is -0.348 e. The molecule has 0 aliphatic carbocycles. The molecule has 0 radical (unpaired) electrons. The number of aromatic nitrogens is 3. The Labute approximate surface area is 197 Å². The van der Waals surface area contributed by atoms with Gasteiger partial charge in [-0.25, -0.2) is 13.9 Å². The number of aryl methyl sites for hydroxylation is 1. The number of halogens is 3. The number of carbonyl (C=O) groups is 2. The summed E-state index contributed by atoms with van der Waals surface area (Å²) in [5.41, 5.74) is 1.16. The van der Waals surface area contributed by atoms with E-state index in [0.717, 1.165) is 44.5 Å². The summed E-state index contributed by atoms with van der Waals surface area (Å²) in [4.78, 5) is 37.5. The van der Waals surface area contributed by atoms with Gasteiger partial charge < -0.3 is 10.6 Å². The van der Waals surface area contributed by atoms with Crippen molar-refractivity contribution in [3.63, 3.8) is 0 Å². The van der Waals surface area contributed by atoms with Crippen molar-refractivity contribution in [2.24, 2.45) is 0 Å². The number of nitrogens with one attached hydrogen (secondary N) is 2. The third-order valence-electron chi connectivity index (χ3n) is 5.20. The van der Waals surface area contributed by atoms with Crippen LogP contribution in [-0.4, -0.2) is 26.0 Å². The quantitative estimate of drug-likeness (QED) is 0.439.